The third-order valence-corrected chi connectivity index (χ3v) is 7.13. The molecule has 0 aliphatic carbocycles. The minimum absolute atomic E-state index is 0.0492. The van der Waals surface area contributed by atoms with Gasteiger partial charge < -0.3 is 4.74 Å². The first-order valence-electron chi connectivity index (χ1n) is 10.3. The van der Waals surface area contributed by atoms with Gasteiger partial charge in [0.2, 0.25) is 0 Å². The lowest BCUT2D eigenvalue weighted by Gasteiger charge is -2.05. The summed E-state index contributed by atoms with van der Waals surface area (Å²) in [5, 5.41) is 0.970. The Morgan fingerprint density at radius 2 is 1.52 bits per heavy atom. The van der Waals surface area contributed by atoms with Crippen LogP contribution in [0.25, 0.3) is 0 Å². The summed E-state index contributed by atoms with van der Waals surface area (Å²) in [6, 6.07) is 18.9. The maximum atomic E-state index is 12.4. The zero-order valence-electron chi connectivity index (χ0n) is 18.0. The molecule has 0 N–H and O–H groups in total. The van der Waals surface area contributed by atoms with Crippen molar-refractivity contribution in [2.45, 2.75) is 24.7 Å². The molecule has 0 aliphatic rings. The molecule has 3 aromatic rings. The highest BCUT2D eigenvalue weighted by Gasteiger charge is 2.12. The summed E-state index contributed by atoms with van der Waals surface area (Å²) < 4.78 is 29.3. The van der Waals surface area contributed by atoms with Crippen molar-refractivity contribution in [2.24, 2.45) is 0 Å². The Hall–Kier alpha value is -2.78. The van der Waals surface area contributed by atoms with Crippen molar-refractivity contribution in [1.82, 2.24) is 0 Å². The first-order valence-corrected chi connectivity index (χ1v) is 12.7. The number of rotatable bonds is 8. The fourth-order valence-electron chi connectivity index (χ4n) is 3.05. The molecule has 0 saturated carbocycles. The molecule has 0 radical (unpaired) electrons. The molecule has 0 unspecified atom stereocenters. The molecule has 3 aromatic carbocycles. The van der Waals surface area contributed by atoms with Gasteiger partial charge in [-0.25, -0.2) is 8.42 Å². The predicted molar refractivity (Wildman–Crippen MR) is 132 cm³/mol. The number of benzene rings is 3. The Bertz CT molecular complexity index is 1290. The molecule has 4 nitrogen and oxygen atoms in total. The smallest absolute Gasteiger partial charge is 0.178 e. The topological polar surface area (TPSA) is 60.4 Å². The largest absolute Gasteiger partial charge is 0.479 e. The first kappa shape index (κ1) is 24.9. The maximum absolute atomic E-state index is 12.4. The summed E-state index contributed by atoms with van der Waals surface area (Å²) in [7, 11) is -3.24. The van der Waals surface area contributed by atoms with Crippen LogP contribution in [0.2, 0.25) is 10.0 Å². The van der Waals surface area contributed by atoms with Crippen LogP contribution in [-0.4, -0.2) is 26.6 Å². The van der Waals surface area contributed by atoms with E-state index in [1.54, 1.807) is 49.4 Å². The molecule has 0 bridgehead atoms. The third-order valence-electron chi connectivity index (χ3n) is 4.85. The molecule has 0 spiro atoms. The fourth-order valence-corrected chi connectivity index (χ4v) is 4.40. The Balaban J connectivity index is 1.51. The van der Waals surface area contributed by atoms with Crippen LogP contribution in [0.5, 0.6) is 5.75 Å². The van der Waals surface area contributed by atoms with E-state index in [0.29, 0.717) is 22.2 Å². The number of ether oxygens (including phenoxy) is 1. The highest BCUT2D eigenvalue weighted by atomic mass is 35.5. The van der Waals surface area contributed by atoms with Gasteiger partial charge in [-0.3, -0.25) is 4.79 Å². The summed E-state index contributed by atoms with van der Waals surface area (Å²) in [6.07, 6.45) is 0.541. The quantitative estimate of drug-likeness (QED) is 0.379. The van der Waals surface area contributed by atoms with E-state index in [-0.39, 0.29) is 29.5 Å². The molecule has 7 heteroatoms. The van der Waals surface area contributed by atoms with Gasteiger partial charge >= 0.3 is 0 Å². The average molecular weight is 501 g/mol. The van der Waals surface area contributed by atoms with Crippen LogP contribution >= 0.6 is 23.2 Å². The van der Waals surface area contributed by atoms with E-state index in [4.69, 9.17) is 27.9 Å². The van der Waals surface area contributed by atoms with Crippen LogP contribution in [-0.2, 0) is 27.5 Å². The maximum Gasteiger partial charge on any atom is 0.178 e. The van der Waals surface area contributed by atoms with E-state index in [1.807, 2.05) is 24.3 Å². The van der Waals surface area contributed by atoms with Crippen molar-refractivity contribution in [3.63, 3.8) is 0 Å². The van der Waals surface area contributed by atoms with Crippen molar-refractivity contribution in [3.8, 4) is 17.6 Å². The molecule has 0 amide bonds. The van der Waals surface area contributed by atoms with Gasteiger partial charge in [-0.05, 0) is 53.6 Å². The molecule has 0 aromatic heterocycles. The zero-order valence-corrected chi connectivity index (χ0v) is 20.3. The summed E-state index contributed by atoms with van der Waals surface area (Å²) in [4.78, 5) is 12.7. The van der Waals surface area contributed by atoms with Gasteiger partial charge in [-0.1, -0.05) is 66.2 Å². The standard InChI is InChI=1S/C26H22Cl2O4S/c1-2-33(30,31)24-12-9-21(10-13-24)17-23(29)16-20-7-5-19(6-8-20)4-3-15-32-26-14-11-22(27)18-25(26)28/h5-14,18H,2,15-17H2,1H3. The zero-order chi connectivity index (χ0) is 23.8. The van der Waals surface area contributed by atoms with Crippen LogP contribution < -0.4 is 4.74 Å². The monoisotopic (exact) mass is 500 g/mol. The summed E-state index contributed by atoms with van der Waals surface area (Å²) in [5.74, 6) is 6.56. The van der Waals surface area contributed by atoms with Crippen LogP contribution in [0.15, 0.2) is 71.6 Å². The van der Waals surface area contributed by atoms with Crippen LogP contribution in [0.4, 0.5) is 0 Å². The second kappa shape index (κ2) is 11.4. The Kier molecular flexibility index (Phi) is 8.57. The molecule has 33 heavy (non-hydrogen) atoms. The molecule has 0 saturated heterocycles. The second-order valence-electron chi connectivity index (χ2n) is 7.30. The molecule has 0 aliphatic heterocycles. The third kappa shape index (κ3) is 7.36. The van der Waals surface area contributed by atoms with E-state index in [1.165, 1.54) is 0 Å². The fraction of sp³-hybridized carbons (Fsp3) is 0.192. The molecule has 0 heterocycles. The van der Waals surface area contributed by atoms with Crippen LogP contribution in [0, 0.1) is 11.8 Å². The molecular weight excluding hydrogens is 479 g/mol. The highest BCUT2D eigenvalue weighted by molar-refractivity contribution is 7.91. The molecule has 0 atom stereocenters. The number of Topliss-reactive ketones (excluding diaryl/α,β-unsaturated/α-hetero) is 1. The van der Waals surface area contributed by atoms with Crippen molar-refractivity contribution >= 4 is 38.8 Å². The molecule has 0 fully saturated rings. The number of carbonyl (C=O) groups excluding carboxylic acids is 1. The van der Waals surface area contributed by atoms with Gasteiger partial charge in [0.05, 0.1) is 15.7 Å². The van der Waals surface area contributed by atoms with E-state index in [0.717, 1.165) is 16.7 Å². The van der Waals surface area contributed by atoms with Crippen molar-refractivity contribution in [3.05, 3.63) is 93.5 Å². The van der Waals surface area contributed by atoms with Crippen molar-refractivity contribution < 1.29 is 17.9 Å². The van der Waals surface area contributed by atoms with Gasteiger partial charge in [0.1, 0.15) is 18.1 Å². The van der Waals surface area contributed by atoms with Gasteiger partial charge in [-0.15, -0.1) is 0 Å². The Morgan fingerprint density at radius 1 is 0.909 bits per heavy atom. The number of halogens is 2. The van der Waals surface area contributed by atoms with E-state index < -0.39 is 9.84 Å². The Morgan fingerprint density at radius 3 is 2.09 bits per heavy atom. The molecule has 3 rings (SSSR count). The lowest BCUT2D eigenvalue weighted by molar-refractivity contribution is -0.117. The first-order chi connectivity index (χ1) is 15.8. The van der Waals surface area contributed by atoms with E-state index in [2.05, 4.69) is 11.8 Å². The molecular formula is C26H22Cl2O4S. The second-order valence-corrected chi connectivity index (χ2v) is 10.4. The highest BCUT2D eigenvalue weighted by Crippen LogP contribution is 2.27. The Labute approximate surface area is 204 Å². The summed E-state index contributed by atoms with van der Waals surface area (Å²) in [5.41, 5.74) is 2.49. The number of ketones is 1. The van der Waals surface area contributed by atoms with Gasteiger partial charge in [0.15, 0.2) is 9.84 Å². The van der Waals surface area contributed by atoms with Gasteiger partial charge in [-0.2, -0.15) is 0 Å². The van der Waals surface area contributed by atoms with Gasteiger partial charge in [0.25, 0.3) is 0 Å². The van der Waals surface area contributed by atoms with E-state index >= 15 is 0 Å². The lowest BCUT2D eigenvalue weighted by Crippen LogP contribution is -2.07. The number of sulfone groups is 1. The van der Waals surface area contributed by atoms with Crippen LogP contribution in [0.1, 0.15) is 23.6 Å². The normalized spacial score (nSPS) is 10.9. The minimum Gasteiger partial charge on any atom is -0.479 e. The predicted octanol–water partition coefficient (Wildman–Crippen LogP) is 5.57. The number of carbonyl (C=O) groups is 1. The SMILES string of the molecule is CCS(=O)(=O)c1ccc(CC(=O)Cc2ccc(C#CCOc3ccc(Cl)cc3Cl)cc2)cc1. The van der Waals surface area contributed by atoms with Crippen molar-refractivity contribution in [2.75, 3.05) is 12.4 Å². The summed E-state index contributed by atoms with van der Waals surface area (Å²) >= 11 is 11.9. The number of hydrogen-bond donors (Lipinski definition) is 0. The lowest BCUT2D eigenvalue weighted by atomic mass is 10.0. The summed E-state index contributed by atoms with van der Waals surface area (Å²) in [6.45, 7) is 1.79. The average Bonchev–Trinajstić information content (AvgIpc) is 2.79. The van der Waals surface area contributed by atoms with Crippen LogP contribution in [0.3, 0.4) is 0 Å². The number of hydrogen-bond acceptors (Lipinski definition) is 4. The van der Waals surface area contributed by atoms with Gasteiger partial charge in [0, 0.05) is 23.4 Å². The van der Waals surface area contributed by atoms with E-state index in [9.17, 15) is 13.2 Å². The molecule has 170 valence electrons. The minimum atomic E-state index is -3.24. The van der Waals surface area contributed by atoms with Crippen molar-refractivity contribution in [1.29, 1.82) is 0 Å².